The quantitative estimate of drug-likeness (QED) is 0.900. The minimum absolute atomic E-state index is 0.0752. The molecule has 0 fully saturated rings. The van der Waals surface area contributed by atoms with Crippen molar-refractivity contribution in [1.29, 1.82) is 0 Å². The Balaban J connectivity index is 2.83. The summed E-state index contributed by atoms with van der Waals surface area (Å²) in [6.07, 6.45) is 0. The van der Waals surface area contributed by atoms with E-state index in [1.54, 1.807) is 0 Å². The third kappa shape index (κ3) is 4.53. The summed E-state index contributed by atoms with van der Waals surface area (Å²) in [5, 5.41) is 0. The van der Waals surface area contributed by atoms with Crippen LogP contribution in [0.15, 0.2) is 22.7 Å². The summed E-state index contributed by atoms with van der Waals surface area (Å²) in [6.45, 7) is 9.99. The zero-order valence-corrected chi connectivity index (χ0v) is 13.4. The van der Waals surface area contributed by atoms with Gasteiger partial charge in [-0.05, 0) is 57.9 Å². The van der Waals surface area contributed by atoms with Crippen molar-refractivity contribution >= 4 is 26.9 Å². The van der Waals surface area contributed by atoms with Gasteiger partial charge in [0.15, 0.2) is 0 Å². The van der Waals surface area contributed by atoms with Crippen LogP contribution < -0.4 is 4.72 Å². The molecular formula is C13H20BrNOS. The largest absolute Gasteiger partial charge is 0.242 e. The van der Waals surface area contributed by atoms with Crippen molar-refractivity contribution in [1.82, 2.24) is 4.72 Å². The van der Waals surface area contributed by atoms with E-state index in [0.717, 1.165) is 10.0 Å². The van der Waals surface area contributed by atoms with Crippen molar-refractivity contribution in [2.75, 3.05) is 0 Å². The second-order valence-corrected chi connectivity index (χ2v) is 8.20. The van der Waals surface area contributed by atoms with Crippen LogP contribution in [0.3, 0.4) is 0 Å². The third-order valence-corrected chi connectivity index (χ3v) is 4.54. The van der Waals surface area contributed by atoms with Gasteiger partial charge in [-0.25, -0.2) is 8.93 Å². The van der Waals surface area contributed by atoms with Crippen molar-refractivity contribution < 1.29 is 4.21 Å². The van der Waals surface area contributed by atoms with Crippen LogP contribution in [-0.2, 0) is 11.0 Å². The van der Waals surface area contributed by atoms with Crippen LogP contribution >= 0.6 is 15.9 Å². The van der Waals surface area contributed by atoms with Crippen LogP contribution in [0.2, 0.25) is 0 Å². The summed E-state index contributed by atoms with van der Waals surface area (Å²) in [5.41, 5.74) is 2.35. The fourth-order valence-corrected chi connectivity index (χ4v) is 2.86. The van der Waals surface area contributed by atoms with E-state index in [9.17, 15) is 4.21 Å². The SMILES string of the molecule is Cc1cc(Br)cc([C@@H](C)NS(=O)C(C)(C)C)c1. The van der Waals surface area contributed by atoms with E-state index in [0.29, 0.717) is 0 Å². The van der Waals surface area contributed by atoms with Crippen LogP contribution in [0.25, 0.3) is 0 Å². The highest BCUT2D eigenvalue weighted by molar-refractivity contribution is 9.10. The molecule has 0 saturated carbocycles. The summed E-state index contributed by atoms with van der Waals surface area (Å²) in [6, 6.07) is 6.32. The Morgan fingerprint density at radius 1 is 1.29 bits per heavy atom. The summed E-state index contributed by atoms with van der Waals surface area (Å²) < 4.78 is 16.0. The Morgan fingerprint density at radius 2 is 1.88 bits per heavy atom. The Morgan fingerprint density at radius 3 is 2.35 bits per heavy atom. The first-order chi connectivity index (χ1) is 7.70. The minimum Gasteiger partial charge on any atom is -0.242 e. The van der Waals surface area contributed by atoms with Crippen LogP contribution in [0.5, 0.6) is 0 Å². The summed E-state index contributed by atoms with van der Waals surface area (Å²) >= 11 is 3.48. The molecule has 2 nitrogen and oxygen atoms in total. The van der Waals surface area contributed by atoms with E-state index in [-0.39, 0.29) is 10.8 Å². The molecule has 0 aliphatic heterocycles. The number of hydrogen-bond donors (Lipinski definition) is 1. The van der Waals surface area contributed by atoms with Crippen LogP contribution in [0.1, 0.15) is 44.9 Å². The molecule has 4 heteroatoms. The second-order valence-electron chi connectivity index (χ2n) is 5.28. The molecule has 0 bridgehead atoms. The summed E-state index contributed by atoms with van der Waals surface area (Å²) in [4.78, 5) is 0. The molecule has 1 N–H and O–H groups in total. The Hall–Kier alpha value is -0.190. The van der Waals surface area contributed by atoms with Crippen LogP contribution in [-0.4, -0.2) is 8.96 Å². The number of nitrogens with one attached hydrogen (secondary N) is 1. The molecule has 0 aliphatic carbocycles. The monoisotopic (exact) mass is 317 g/mol. The predicted octanol–water partition coefficient (Wildman–Crippen LogP) is 3.87. The maximum Gasteiger partial charge on any atom is 0.0975 e. The molecule has 2 atom stereocenters. The molecule has 1 unspecified atom stereocenters. The number of benzene rings is 1. The molecule has 1 aromatic carbocycles. The lowest BCUT2D eigenvalue weighted by Crippen LogP contribution is -2.34. The molecule has 0 heterocycles. The molecule has 96 valence electrons. The number of aryl methyl sites for hydroxylation is 1. The Bertz CT molecular complexity index is 406. The van der Waals surface area contributed by atoms with Gasteiger partial charge in [-0.1, -0.05) is 22.0 Å². The van der Waals surface area contributed by atoms with Crippen molar-refractivity contribution in [3.05, 3.63) is 33.8 Å². The van der Waals surface area contributed by atoms with Gasteiger partial charge in [-0.2, -0.15) is 0 Å². The topological polar surface area (TPSA) is 29.1 Å². The Labute approximate surface area is 115 Å². The average molecular weight is 318 g/mol. The normalized spacial score (nSPS) is 15.6. The van der Waals surface area contributed by atoms with E-state index < -0.39 is 11.0 Å². The van der Waals surface area contributed by atoms with Gasteiger partial charge < -0.3 is 0 Å². The maximum absolute atomic E-state index is 12.0. The van der Waals surface area contributed by atoms with Crippen molar-refractivity contribution in [3.8, 4) is 0 Å². The van der Waals surface area contributed by atoms with Gasteiger partial charge in [0.25, 0.3) is 0 Å². The highest BCUT2D eigenvalue weighted by Crippen LogP contribution is 2.22. The first-order valence-electron chi connectivity index (χ1n) is 5.65. The van der Waals surface area contributed by atoms with Crippen LogP contribution in [0.4, 0.5) is 0 Å². The lowest BCUT2D eigenvalue weighted by atomic mass is 10.1. The molecule has 0 spiro atoms. The highest BCUT2D eigenvalue weighted by Gasteiger charge is 2.21. The average Bonchev–Trinajstić information content (AvgIpc) is 2.14. The highest BCUT2D eigenvalue weighted by atomic mass is 79.9. The fraction of sp³-hybridized carbons (Fsp3) is 0.538. The standard InChI is InChI=1S/C13H20BrNOS/c1-9-6-11(8-12(14)7-9)10(2)15-17(16)13(3,4)5/h6-8,10,15H,1-5H3/t10-,17?/m1/s1. The van der Waals surface area contributed by atoms with Crippen molar-refractivity contribution in [2.24, 2.45) is 0 Å². The van der Waals surface area contributed by atoms with E-state index in [2.05, 4.69) is 45.8 Å². The molecule has 0 radical (unpaired) electrons. The van der Waals surface area contributed by atoms with Gasteiger partial charge >= 0.3 is 0 Å². The van der Waals surface area contributed by atoms with Gasteiger partial charge in [0.05, 0.1) is 15.7 Å². The van der Waals surface area contributed by atoms with E-state index in [1.165, 1.54) is 5.56 Å². The van der Waals surface area contributed by atoms with Crippen LogP contribution in [0, 0.1) is 6.92 Å². The van der Waals surface area contributed by atoms with Crippen molar-refractivity contribution in [3.63, 3.8) is 0 Å². The first-order valence-corrected chi connectivity index (χ1v) is 7.59. The van der Waals surface area contributed by atoms with Gasteiger partial charge in [0, 0.05) is 10.5 Å². The zero-order valence-electron chi connectivity index (χ0n) is 11.0. The molecule has 0 aromatic heterocycles. The molecule has 0 amide bonds. The molecule has 0 aliphatic rings. The lowest BCUT2D eigenvalue weighted by Gasteiger charge is -2.22. The zero-order chi connectivity index (χ0) is 13.2. The van der Waals surface area contributed by atoms with Gasteiger partial charge in [0.1, 0.15) is 0 Å². The summed E-state index contributed by atoms with van der Waals surface area (Å²) in [7, 11) is -1.05. The molecule has 1 aromatic rings. The van der Waals surface area contributed by atoms with E-state index in [1.807, 2.05) is 27.7 Å². The molecule has 17 heavy (non-hydrogen) atoms. The van der Waals surface area contributed by atoms with Gasteiger partial charge in [-0.15, -0.1) is 0 Å². The predicted molar refractivity (Wildman–Crippen MR) is 78.3 cm³/mol. The molecular weight excluding hydrogens is 298 g/mol. The number of halogens is 1. The third-order valence-electron chi connectivity index (χ3n) is 2.40. The van der Waals surface area contributed by atoms with Crippen molar-refractivity contribution in [2.45, 2.75) is 45.4 Å². The second kappa shape index (κ2) is 5.63. The van der Waals surface area contributed by atoms with E-state index >= 15 is 0 Å². The number of hydrogen-bond acceptors (Lipinski definition) is 1. The number of rotatable bonds is 3. The first kappa shape index (κ1) is 14.9. The lowest BCUT2D eigenvalue weighted by molar-refractivity contribution is 0.616. The van der Waals surface area contributed by atoms with Gasteiger partial charge in [-0.3, -0.25) is 0 Å². The molecule has 0 saturated heterocycles. The van der Waals surface area contributed by atoms with E-state index in [4.69, 9.17) is 0 Å². The minimum atomic E-state index is -1.05. The smallest absolute Gasteiger partial charge is 0.0975 e. The van der Waals surface area contributed by atoms with Gasteiger partial charge in [0.2, 0.25) is 0 Å². The molecule has 1 rings (SSSR count). The summed E-state index contributed by atoms with van der Waals surface area (Å²) in [5.74, 6) is 0. The fourth-order valence-electron chi connectivity index (χ4n) is 1.42. The maximum atomic E-state index is 12.0. The Kier molecular flexibility index (Phi) is 4.93.